The molecule has 0 amide bonds. The van der Waals surface area contributed by atoms with E-state index in [1.807, 2.05) is 0 Å². The third-order valence-corrected chi connectivity index (χ3v) is 2.82. The Morgan fingerprint density at radius 2 is 2.25 bits per heavy atom. The van der Waals surface area contributed by atoms with Crippen LogP contribution >= 0.6 is 27.5 Å². The minimum atomic E-state index is -0.661. The van der Waals surface area contributed by atoms with E-state index in [1.54, 1.807) is 0 Å². The minimum Gasteiger partial charge on any atom is -0.465 e. The van der Waals surface area contributed by atoms with Crippen LogP contribution in [0.5, 0.6) is 0 Å². The lowest BCUT2D eigenvalue weighted by Crippen LogP contribution is -2.04. The van der Waals surface area contributed by atoms with Gasteiger partial charge in [-0.15, -0.1) is 0 Å². The second kappa shape index (κ2) is 5.27. The number of carbonyl (C=O) groups is 1. The second-order valence-electron chi connectivity index (χ2n) is 2.84. The van der Waals surface area contributed by atoms with Gasteiger partial charge >= 0.3 is 5.97 Å². The van der Waals surface area contributed by atoms with Gasteiger partial charge in [0, 0.05) is 11.4 Å². The number of hydrogen-bond donors (Lipinski definition) is 0. The molecule has 0 unspecified atom stereocenters. The first-order chi connectivity index (χ1) is 7.51. The van der Waals surface area contributed by atoms with Crippen LogP contribution in [-0.4, -0.2) is 18.0 Å². The highest BCUT2D eigenvalue weighted by atomic mass is 79.9. The lowest BCUT2D eigenvalue weighted by atomic mass is 10.1. The van der Waals surface area contributed by atoms with Crippen LogP contribution in [0, 0.1) is 10.1 Å². The molecule has 0 saturated heterocycles. The molecule has 0 spiro atoms. The van der Waals surface area contributed by atoms with Crippen LogP contribution in [0.1, 0.15) is 15.9 Å². The Labute approximate surface area is 105 Å². The molecule has 5 nitrogen and oxygen atoms in total. The first kappa shape index (κ1) is 12.9. The number of rotatable bonds is 3. The highest BCUT2D eigenvalue weighted by molar-refractivity contribution is 9.08. The quantitative estimate of drug-likeness (QED) is 0.372. The van der Waals surface area contributed by atoms with Crippen LogP contribution in [0.3, 0.4) is 0 Å². The molecule has 0 aliphatic carbocycles. The van der Waals surface area contributed by atoms with Crippen molar-refractivity contribution in [2.75, 3.05) is 7.11 Å². The van der Waals surface area contributed by atoms with Crippen molar-refractivity contribution in [3.63, 3.8) is 0 Å². The molecule has 0 aliphatic heterocycles. The van der Waals surface area contributed by atoms with Gasteiger partial charge in [-0.2, -0.15) is 0 Å². The van der Waals surface area contributed by atoms with Crippen LogP contribution in [0.2, 0.25) is 5.02 Å². The predicted molar refractivity (Wildman–Crippen MR) is 62.1 cm³/mol. The van der Waals surface area contributed by atoms with Crippen LogP contribution in [0.4, 0.5) is 5.69 Å². The molecule has 0 bridgehead atoms. The van der Waals surface area contributed by atoms with E-state index in [0.717, 1.165) is 6.07 Å². The summed E-state index contributed by atoms with van der Waals surface area (Å²) < 4.78 is 4.47. The Balaban J connectivity index is 3.39. The number of halogens is 2. The zero-order chi connectivity index (χ0) is 12.3. The average Bonchev–Trinajstić information content (AvgIpc) is 2.26. The molecule has 0 aromatic heterocycles. The van der Waals surface area contributed by atoms with Gasteiger partial charge in [0.15, 0.2) is 0 Å². The number of nitro groups is 1. The number of nitrogens with zero attached hydrogens (tertiary/aromatic N) is 1. The zero-order valence-corrected chi connectivity index (χ0v) is 10.5. The maximum absolute atomic E-state index is 11.2. The van der Waals surface area contributed by atoms with Crippen molar-refractivity contribution in [2.45, 2.75) is 5.33 Å². The van der Waals surface area contributed by atoms with Crippen molar-refractivity contribution < 1.29 is 14.5 Å². The van der Waals surface area contributed by atoms with Crippen molar-refractivity contribution >= 4 is 39.2 Å². The summed E-state index contributed by atoms with van der Waals surface area (Å²) in [5, 5.41) is 11.2. The van der Waals surface area contributed by atoms with Gasteiger partial charge in [0.25, 0.3) is 5.69 Å². The van der Waals surface area contributed by atoms with E-state index in [4.69, 9.17) is 11.6 Å². The Bertz CT molecular complexity index is 449. The van der Waals surface area contributed by atoms with E-state index < -0.39 is 10.9 Å². The fourth-order valence-electron chi connectivity index (χ4n) is 1.15. The Morgan fingerprint density at radius 3 is 2.69 bits per heavy atom. The Hall–Kier alpha value is -1.14. The molecular weight excluding hydrogens is 301 g/mol. The SMILES string of the molecule is COC(=O)c1cc(Cl)c(CBr)c([N+](=O)[O-])c1. The maximum atomic E-state index is 11.2. The molecule has 0 atom stereocenters. The van der Waals surface area contributed by atoms with Crippen LogP contribution in [0.25, 0.3) is 0 Å². The van der Waals surface area contributed by atoms with E-state index in [2.05, 4.69) is 20.7 Å². The molecule has 0 heterocycles. The summed E-state index contributed by atoms with van der Waals surface area (Å²) in [6, 6.07) is 2.49. The Morgan fingerprint density at radius 1 is 1.62 bits per heavy atom. The van der Waals surface area contributed by atoms with Gasteiger partial charge < -0.3 is 4.74 Å². The third kappa shape index (κ3) is 2.51. The summed E-state index contributed by atoms with van der Waals surface area (Å²) in [7, 11) is 1.19. The number of methoxy groups -OCH3 is 1. The van der Waals surface area contributed by atoms with E-state index in [1.165, 1.54) is 13.2 Å². The largest absolute Gasteiger partial charge is 0.465 e. The number of nitro benzene ring substituents is 1. The van der Waals surface area contributed by atoms with Gasteiger partial charge in [0.2, 0.25) is 0 Å². The van der Waals surface area contributed by atoms with Gasteiger partial charge in [-0.05, 0) is 6.07 Å². The van der Waals surface area contributed by atoms with Crippen LogP contribution < -0.4 is 0 Å². The second-order valence-corrected chi connectivity index (χ2v) is 3.81. The summed E-state index contributed by atoms with van der Waals surface area (Å²) in [5.74, 6) is -0.661. The smallest absolute Gasteiger partial charge is 0.338 e. The number of esters is 1. The Kier molecular flexibility index (Phi) is 4.26. The molecule has 1 rings (SSSR count). The molecule has 1 aromatic rings. The standard InChI is InChI=1S/C9H7BrClNO4/c1-16-9(13)5-2-7(11)6(4-10)8(3-5)12(14)15/h2-3H,4H2,1H3. The number of benzene rings is 1. The summed E-state index contributed by atoms with van der Waals surface area (Å²) in [5.41, 5.74) is 0.188. The fourth-order valence-corrected chi connectivity index (χ4v) is 2.18. The lowest BCUT2D eigenvalue weighted by molar-refractivity contribution is -0.385. The number of ether oxygens (including phenoxy) is 1. The van der Waals surface area contributed by atoms with Gasteiger partial charge in [0.1, 0.15) is 0 Å². The summed E-state index contributed by atoms with van der Waals surface area (Å²) in [4.78, 5) is 21.4. The minimum absolute atomic E-state index is 0.0592. The normalized spacial score (nSPS) is 9.94. The van der Waals surface area contributed by atoms with E-state index in [-0.39, 0.29) is 21.6 Å². The van der Waals surface area contributed by atoms with Crippen molar-refractivity contribution in [3.8, 4) is 0 Å². The molecule has 7 heteroatoms. The summed E-state index contributed by atoms with van der Waals surface area (Å²) in [6.07, 6.45) is 0. The van der Waals surface area contributed by atoms with E-state index >= 15 is 0 Å². The summed E-state index contributed by atoms with van der Waals surface area (Å²) in [6.45, 7) is 0. The first-order valence-electron chi connectivity index (χ1n) is 4.12. The zero-order valence-electron chi connectivity index (χ0n) is 8.20. The number of alkyl halides is 1. The van der Waals surface area contributed by atoms with Crippen LogP contribution in [0.15, 0.2) is 12.1 Å². The van der Waals surface area contributed by atoms with Crippen molar-refractivity contribution in [1.29, 1.82) is 0 Å². The topological polar surface area (TPSA) is 69.4 Å². The van der Waals surface area contributed by atoms with Crippen molar-refractivity contribution in [3.05, 3.63) is 38.4 Å². The molecular formula is C9H7BrClNO4. The monoisotopic (exact) mass is 307 g/mol. The third-order valence-electron chi connectivity index (χ3n) is 1.92. The van der Waals surface area contributed by atoms with E-state index in [9.17, 15) is 14.9 Å². The summed E-state index contributed by atoms with van der Waals surface area (Å²) >= 11 is 8.94. The van der Waals surface area contributed by atoms with Crippen molar-refractivity contribution in [2.24, 2.45) is 0 Å². The number of hydrogen-bond acceptors (Lipinski definition) is 4. The lowest BCUT2D eigenvalue weighted by Gasteiger charge is -2.05. The molecule has 16 heavy (non-hydrogen) atoms. The molecule has 0 N–H and O–H groups in total. The molecule has 0 aliphatic rings. The highest BCUT2D eigenvalue weighted by Gasteiger charge is 2.20. The number of carbonyl (C=O) groups excluding carboxylic acids is 1. The van der Waals surface area contributed by atoms with Crippen molar-refractivity contribution in [1.82, 2.24) is 0 Å². The first-order valence-corrected chi connectivity index (χ1v) is 5.62. The molecule has 0 fully saturated rings. The van der Waals surface area contributed by atoms with Gasteiger partial charge in [0.05, 0.1) is 28.2 Å². The maximum Gasteiger partial charge on any atom is 0.338 e. The molecule has 0 saturated carbocycles. The fraction of sp³-hybridized carbons (Fsp3) is 0.222. The highest BCUT2D eigenvalue weighted by Crippen LogP contribution is 2.30. The van der Waals surface area contributed by atoms with Gasteiger partial charge in [-0.3, -0.25) is 10.1 Å². The van der Waals surface area contributed by atoms with Crippen LogP contribution in [-0.2, 0) is 10.1 Å². The predicted octanol–water partition coefficient (Wildman–Crippen LogP) is 2.93. The molecule has 86 valence electrons. The van der Waals surface area contributed by atoms with Gasteiger partial charge in [-0.1, -0.05) is 27.5 Å². The average molecular weight is 309 g/mol. The van der Waals surface area contributed by atoms with E-state index in [0.29, 0.717) is 5.56 Å². The molecule has 0 radical (unpaired) electrons. The van der Waals surface area contributed by atoms with Gasteiger partial charge in [-0.25, -0.2) is 4.79 Å². The molecule has 1 aromatic carbocycles.